The summed E-state index contributed by atoms with van der Waals surface area (Å²) >= 11 is 3.41. The molecule has 0 heterocycles. The Morgan fingerprint density at radius 3 is 2.79 bits per heavy atom. The number of carbonyl (C=O) groups is 1. The summed E-state index contributed by atoms with van der Waals surface area (Å²) in [6, 6.07) is 5.95. The second kappa shape index (κ2) is 8.33. The number of aliphatic hydroxyl groups excluding tert-OH is 1. The van der Waals surface area contributed by atoms with Crippen LogP contribution in [0.5, 0.6) is 0 Å². The van der Waals surface area contributed by atoms with Crippen molar-refractivity contribution in [2.45, 2.75) is 33.1 Å². The highest BCUT2D eigenvalue weighted by Gasteiger charge is 2.10. The minimum atomic E-state index is 0.0433. The molecule has 0 aliphatic heterocycles. The van der Waals surface area contributed by atoms with Gasteiger partial charge < -0.3 is 10.4 Å². The summed E-state index contributed by atoms with van der Waals surface area (Å²) in [5.74, 6) is 0.404. The monoisotopic (exact) mass is 327 g/mol. The van der Waals surface area contributed by atoms with Crippen molar-refractivity contribution < 1.29 is 9.90 Å². The lowest BCUT2D eigenvalue weighted by molar-refractivity contribution is -0.120. The van der Waals surface area contributed by atoms with Crippen LogP contribution in [0.3, 0.4) is 0 Å². The maximum Gasteiger partial charge on any atom is 0.224 e. The molecule has 0 radical (unpaired) electrons. The molecule has 19 heavy (non-hydrogen) atoms. The standard InChI is InChI=1S/C15H22BrNO2/c1-3-12(6-7-18)10-17-15(19)9-13-4-5-14(16)8-11(13)2/h4-5,8,12,18H,3,6-7,9-10H2,1-2H3,(H,17,19). The molecule has 0 fully saturated rings. The van der Waals surface area contributed by atoms with E-state index in [0.717, 1.165) is 28.4 Å². The lowest BCUT2D eigenvalue weighted by Crippen LogP contribution is -2.30. The fourth-order valence-electron chi connectivity index (χ4n) is 1.98. The molecule has 3 nitrogen and oxygen atoms in total. The van der Waals surface area contributed by atoms with E-state index in [2.05, 4.69) is 28.2 Å². The number of hydrogen-bond donors (Lipinski definition) is 2. The molecule has 1 aromatic carbocycles. The van der Waals surface area contributed by atoms with Gasteiger partial charge in [0, 0.05) is 17.6 Å². The van der Waals surface area contributed by atoms with Crippen LogP contribution in [0.1, 0.15) is 30.9 Å². The highest BCUT2D eigenvalue weighted by molar-refractivity contribution is 9.10. The third kappa shape index (κ3) is 5.74. The average Bonchev–Trinajstić information content (AvgIpc) is 2.38. The molecule has 1 atom stereocenters. The molecule has 0 spiro atoms. The Morgan fingerprint density at radius 2 is 2.21 bits per heavy atom. The molecule has 1 aromatic rings. The van der Waals surface area contributed by atoms with Crippen molar-refractivity contribution in [1.82, 2.24) is 5.32 Å². The number of aliphatic hydroxyl groups is 1. The summed E-state index contributed by atoms with van der Waals surface area (Å²) in [7, 11) is 0. The van der Waals surface area contributed by atoms with E-state index in [0.29, 0.717) is 18.9 Å². The number of rotatable bonds is 7. The second-order valence-corrected chi connectivity index (χ2v) is 5.75. The molecular weight excluding hydrogens is 306 g/mol. The highest BCUT2D eigenvalue weighted by Crippen LogP contribution is 2.16. The van der Waals surface area contributed by atoms with Crippen LogP contribution in [0, 0.1) is 12.8 Å². The van der Waals surface area contributed by atoms with Gasteiger partial charge in [-0.3, -0.25) is 4.79 Å². The van der Waals surface area contributed by atoms with Gasteiger partial charge >= 0.3 is 0 Å². The summed E-state index contributed by atoms with van der Waals surface area (Å²) in [6.45, 7) is 4.91. The van der Waals surface area contributed by atoms with Crippen LogP contribution < -0.4 is 5.32 Å². The molecule has 0 saturated carbocycles. The van der Waals surface area contributed by atoms with E-state index >= 15 is 0 Å². The molecule has 1 rings (SSSR count). The smallest absolute Gasteiger partial charge is 0.224 e. The van der Waals surface area contributed by atoms with Gasteiger partial charge in [-0.05, 0) is 42.5 Å². The summed E-state index contributed by atoms with van der Waals surface area (Å²) < 4.78 is 1.03. The summed E-state index contributed by atoms with van der Waals surface area (Å²) in [6.07, 6.45) is 2.13. The number of amides is 1. The van der Waals surface area contributed by atoms with Gasteiger partial charge in [0.2, 0.25) is 5.91 Å². The maximum absolute atomic E-state index is 11.9. The molecule has 1 unspecified atom stereocenters. The molecule has 0 aromatic heterocycles. The minimum absolute atomic E-state index is 0.0433. The quantitative estimate of drug-likeness (QED) is 0.809. The van der Waals surface area contributed by atoms with Gasteiger partial charge in [0.15, 0.2) is 0 Å². The number of hydrogen-bond acceptors (Lipinski definition) is 2. The molecule has 0 saturated heterocycles. The van der Waals surface area contributed by atoms with E-state index in [1.807, 2.05) is 25.1 Å². The predicted octanol–water partition coefficient (Wildman–Crippen LogP) is 2.82. The zero-order valence-electron chi connectivity index (χ0n) is 11.6. The van der Waals surface area contributed by atoms with Gasteiger partial charge in [-0.15, -0.1) is 0 Å². The second-order valence-electron chi connectivity index (χ2n) is 4.84. The van der Waals surface area contributed by atoms with Crippen molar-refractivity contribution >= 4 is 21.8 Å². The third-order valence-corrected chi connectivity index (χ3v) is 3.85. The topological polar surface area (TPSA) is 49.3 Å². The van der Waals surface area contributed by atoms with Crippen molar-refractivity contribution in [2.24, 2.45) is 5.92 Å². The first-order valence-corrected chi connectivity index (χ1v) is 7.48. The van der Waals surface area contributed by atoms with Gasteiger partial charge in [-0.2, -0.15) is 0 Å². The maximum atomic E-state index is 11.9. The lowest BCUT2D eigenvalue weighted by Gasteiger charge is -2.14. The van der Waals surface area contributed by atoms with Gasteiger partial charge in [0.05, 0.1) is 6.42 Å². The van der Waals surface area contributed by atoms with E-state index in [1.54, 1.807) is 0 Å². The lowest BCUT2D eigenvalue weighted by atomic mass is 10.0. The SMILES string of the molecule is CCC(CCO)CNC(=O)Cc1ccc(Br)cc1C. The summed E-state index contributed by atoms with van der Waals surface area (Å²) in [5, 5.41) is 11.9. The predicted molar refractivity (Wildman–Crippen MR) is 81.1 cm³/mol. The van der Waals surface area contributed by atoms with E-state index in [1.165, 1.54) is 0 Å². The first kappa shape index (κ1) is 16.2. The largest absolute Gasteiger partial charge is 0.396 e. The Kier molecular flexibility index (Phi) is 7.10. The number of halogens is 1. The summed E-state index contributed by atoms with van der Waals surface area (Å²) in [4.78, 5) is 11.9. The molecule has 4 heteroatoms. The van der Waals surface area contributed by atoms with Gasteiger partial charge in [-0.1, -0.05) is 35.3 Å². The van der Waals surface area contributed by atoms with Gasteiger partial charge in [0.1, 0.15) is 0 Å². The van der Waals surface area contributed by atoms with E-state index in [4.69, 9.17) is 5.11 Å². The van der Waals surface area contributed by atoms with E-state index in [9.17, 15) is 4.79 Å². The fraction of sp³-hybridized carbons (Fsp3) is 0.533. The van der Waals surface area contributed by atoms with Crippen molar-refractivity contribution in [3.8, 4) is 0 Å². The first-order valence-electron chi connectivity index (χ1n) is 6.69. The van der Waals surface area contributed by atoms with Crippen LogP contribution in [-0.4, -0.2) is 24.2 Å². The van der Waals surface area contributed by atoms with Crippen LogP contribution in [0.2, 0.25) is 0 Å². The Hall–Kier alpha value is -0.870. The zero-order chi connectivity index (χ0) is 14.3. The fourth-order valence-corrected chi connectivity index (χ4v) is 2.46. The Labute approximate surface area is 123 Å². The van der Waals surface area contributed by atoms with Crippen LogP contribution >= 0.6 is 15.9 Å². The van der Waals surface area contributed by atoms with E-state index in [-0.39, 0.29) is 12.5 Å². The van der Waals surface area contributed by atoms with Crippen molar-refractivity contribution in [1.29, 1.82) is 0 Å². The zero-order valence-corrected chi connectivity index (χ0v) is 13.2. The molecule has 2 N–H and O–H groups in total. The summed E-state index contributed by atoms with van der Waals surface area (Å²) in [5.41, 5.74) is 2.17. The van der Waals surface area contributed by atoms with Gasteiger partial charge in [-0.25, -0.2) is 0 Å². The first-order chi connectivity index (χ1) is 9.06. The average molecular weight is 328 g/mol. The third-order valence-electron chi connectivity index (χ3n) is 3.36. The van der Waals surface area contributed by atoms with Crippen LogP contribution in [-0.2, 0) is 11.2 Å². The van der Waals surface area contributed by atoms with E-state index < -0.39 is 0 Å². The molecular formula is C15H22BrNO2. The molecule has 0 bridgehead atoms. The minimum Gasteiger partial charge on any atom is -0.396 e. The van der Waals surface area contributed by atoms with Crippen LogP contribution in [0.25, 0.3) is 0 Å². The number of nitrogens with one attached hydrogen (secondary N) is 1. The van der Waals surface area contributed by atoms with Gasteiger partial charge in [0.25, 0.3) is 0 Å². The van der Waals surface area contributed by atoms with Crippen LogP contribution in [0.4, 0.5) is 0 Å². The number of aryl methyl sites for hydroxylation is 1. The number of carbonyl (C=O) groups excluding carboxylic acids is 1. The Bertz CT molecular complexity index is 421. The van der Waals surface area contributed by atoms with Crippen molar-refractivity contribution in [3.63, 3.8) is 0 Å². The highest BCUT2D eigenvalue weighted by atomic mass is 79.9. The van der Waals surface area contributed by atoms with Crippen molar-refractivity contribution in [2.75, 3.05) is 13.2 Å². The number of benzene rings is 1. The molecule has 106 valence electrons. The molecule has 0 aliphatic rings. The molecule has 0 aliphatic carbocycles. The molecule has 1 amide bonds. The van der Waals surface area contributed by atoms with Crippen molar-refractivity contribution in [3.05, 3.63) is 33.8 Å². The normalized spacial score (nSPS) is 12.2. The Balaban J connectivity index is 2.46. The Morgan fingerprint density at radius 1 is 1.47 bits per heavy atom. The van der Waals surface area contributed by atoms with Crippen LogP contribution in [0.15, 0.2) is 22.7 Å².